The summed E-state index contributed by atoms with van der Waals surface area (Å²) in [6, 6.07) is 20.5. The number of hydrogen-bond donors (Lipinski definition) is 2. The van der Waals surface area contributed by atoms with Crippen molar-refractivity contribution in [2.75, 3.05) is 6.54 Å². The van der Waals surface area contributed by atoms with Crippen LogP contribution in [0.15, 0.2) is 72.8 Å². The van der Waals surface area contributed by atoms with Gasteiger partial charge in [-0.2, -0.15) is 0 Å². The minimum atomic E-state index is -1.15. The van der Waals surface area contributed by atoms with Gasteiger partial charge in [0.2, 0.25) is 0 Å². The molecule has 1 aliphatic heterocycles. The van der Waals surface area contributed by atoms with E-state index in [1.165, 1.54) is 0 Å². The van der Waals surface area contributed by atoms with E-state index in [1.807, 2.05) is 18.2 Å². The molecule has 0 radical (unpaired) electrons. The van der Waals surface area contributed by atoms with Crippen molar-refractivity contribution in [3.8, 4) is 23.2 Å². The van der Waals surface area contributed by atoms with E-state index < -0.39 is 23.7 Å². The Morgan fingerprint density at radius 2 is 1.37 bits per heavy atom. The Morgan fingerprint density at radius 3 is 1.89 bits per heavy atom. The summed E-state index contributed by atoms with van der Waals surface area (Å²) < 4.78 is 0. The van der Waals surface area contributed by atoms with Gasteiger partial charge in [-0.05, 0) is 47.7 Å². The summed E-state index contributed by atoms with van der Waals surface area (Å²) in [5.41, 5.74) is 3.42. The monoisotopic (exact) mass is 467 g/mol. The summed E-state index contributed by atoms with van der Waals surface area (Å²) in [6.45, 7) is -0.0772. The Balaban J connectivity index is 1.40. The molecule has 0 fully saturated rings. The quantitative estimate of drug-likeness (QED) is 0.294. The van der Waals surface area contributed by atoms with Gasteiger partial charge in [-0.3, -0.25) is 24.1 Å². The van der Waals surface area contributed by atoms with E-state index >= 15 is 0 Å². The molecule has 0 aromatic heterocycles. The maximum atomic E-state index is 12.8. The SMILES string of the molecule is O=C(CC(CCN1C(=O)c2ccccc2C1=O)C(=O)O)c1ccc(-c2ccc(C#CO)cc2)cc1. The summed E-state index contributed by atoms with van der Waals surface area (Å²) in [5, 5.41) is 18.3. The Morgan fingerprint density at radius 1 is 0.829 bits per heavy atom. The Kier molecular flexibility index (Phi) is 6.74. The van der Waals surface area contributed by atoms with Crippen LogP contribution < -0.4 is 0 Å². The molecule has 7 nitrogen and oxygen atoms in total. The van der Waals surface area contributed by atoms with Crippen LogP contribution in [-0.2, 0) is 4.79 Å². The van der Waals surface area contributed by atoms with Gasteiger partial charge in [-0.15, -0.1) is 0 Å². The van der Waals surface area contributed by atoms with Crippen LogP contribution >= 0.6 is 0 Å². The summed E-state index contributed by atoms with van der Waals surface area (Å²) in [6.07, 6.45) is 1.59. The number of aliphatic hydroxyl groups excluding tert-OH is 1. The van der Waals surface area contributed by atoms with Crippen LogP contribution in [0.25, 0.3) is 11.1 Å². The van der Waals surface area contributed by atoms with Crippen molar-refractivity contribution in [3.05, 3.63) is 95.1 Å². The Hall–Kier alpha value is -4.70. The second kappa shape index (κ2) is 10.1. The third kappa shape index (κ3) is 4.97. The first kappa shape index (κ1) is 23.5. The normalized spacial score (nSPS) is 13.1. The van der Waals surface area contributed by atoms with Crippen LogP contribution in [0.4, 0.5) is 0 Å². The van der Waals surface area contributed by atoms with Crippen LogP contribution in [0.1, 0.15) is 49.5 Å². The Bertz CT molecular complexity index is 1330. The summed E-state index contributed by atoms with van der Waals surface area (Å²) in [7, 11) is 0. The van der Waals surface area contributed by atoms with Crippen LogP contribution in [0, 0.1) is 17.9 Å². The third-order valence-electron chi connectivity index (χ3n) is 5.99. The number of amides is 2. The molecule has 3 aromatic carbocycles. The van der Waals surface area contributed by atoms with Gasteiger partial charge in [0.15, 0.2) is 5.78 Å². The highest BCUT2D eigenvalue weighted by atomic mass is 16.4. The van der Waals surface area contributed by atoms with Gasteiger partial charge < -0.3 is 10.2 Å². The van der Waals surface area contributed by atoms with Crippen LogP contribution in [0.5, 0.6) is 0 Å². The molecule has 0 aliphatic carbocycles. The highest BCUT2D eigenvalue weighted by Gasteiger charge is 2.35. The Labute approximate surface area is 201 Å². The number of aliphatic hydroxyl groups is 1. The molecule has 7 heteroatoms. The number of aliphatic carboxylic acids is 1. The molecule has 0 spiro atoms. The van der Waals surface area contributed by atoms with E-state index in [4.69, 9.17) is 5.11 Å². The van der Waals surface area contributed by atoms with Gasteiger partial charge in [0, 0.05) is 24.1 Å². The lowest BCUT2D eigenvalue weighted by atomic mass is 9.94. The van der Waals surface area contributed by atoms with Crippen molar-refractivity contribution >= 4 is 23.6 Å². The zero-order valence-electron chi connectivity index (χ0n) is 18.6. The molecular formula is C28H21NO6. The first-order valence-corrected chi connectivity index (χ1v) is 11.0. The molecule has 2 amide bonds. The number of ketones is 1. The van der Waals surface area contributed by atoms with Gasteiger partial charge in [0.1, 0.15) is 6.11 Å². The minimum Gasteiger partial charge on any atom is -0.481 e. The van der Waals surface area contributed by atoms with Crippen molar-refractivity contribution < 1.29 is 29.4 Å². The van der Waals surface area contributed by atoms with Gasteiger partial charge in [0.25, 0.3) is 11.8 Å². The highest BCUT2D eigenvalue weighted by molar-refractivity contribution is 6.21. The number of hydrogen-bond acceptors (Lipinski definition) is 5. The predicted octanol–water partition coefficient (Wildman–Crippen LogP) is 4.00. The number of rotatable bonds is 8. The number of carbonyl (C=O) groups is 4. The molecule has 0 saturated heterocycles. The molecule has 2 N–H and O–H groups in total. The fraction of sp³-hybridized carbons (Fsp3) is 0.143. The number of carboxylic acids is 1. The molecule has 0 saturated carbocycles. The van der Waals surface area contributed by atoms with E-state index in [2.05, 4.69) is 5.92 Å². The van der Waals surface area contributed by atoms with Gasteiger partial charge in [-0.1, -0.05) is 48.5 Å². The fourth-order valence-corrected chi connectivity index (χ4v) is 4.04. The molecule has 4 rings (SSSR count). The van der Waals surface area contributed by atoms with Crippen molar-refractivity contribution in [2.24, 2.45) is 5.92 Å². The maximum Gasteiger partial charge on any atom is 0.307 e. The van der Waals surface area contributed by atoms with E-state index in [0.29, 0.717) is 22.3 Å². The molecule has 174 valence electrons. The second-order valence-corrected chi connectivity index (χ2v) is 8.15. The number of Topliss-reactive ketones (excluding diaryl/α,β-unsaturated/α-hetero) is 1. The fourth-order valence-electron chi connectivity index (χ4n) is 4.04. The molecule has 1 unspecified atom stereocenters. The van der Waals surface area contributed by atoms with E-state index in [1.54, 1.807) is 60.7 Å². The zero-order valence-corrected chi connectivity index (χ0v) is 18.6. The third-order valence-corrected chi connectivity index (χ3v) is 5.99. The average Bonchev–Trinajstić information content (AvgIpc) is 3.12. The zero-order chi connectivity index (χ0) is 24.9. The van der Waals surface area contributed by atoms with Crippen LogP contribution in [0.3, 0.4) is 0 Å². The smallest absolute Gasteiger partial charge is 0.307 e. The second-order valence-electron chi connectivity index (χ2n) is 8.15. The maximum absolute atomic E-state index is 12.8. The van der Waals surface area contributed by atoms with E-state index in [0.717, 1.165) is 16.0 Å². The number of carboxylic acid groups (broad SMARTS) is 1. The molecule has 3 aromatic rings. The molecule has 1 atom stereocenters. The lowest BCUT2D eigenvalue weighted by molar-refractivity contribution is -0.142. The number of carbonyl (C=O) groups excluding carboxylic acids is 3. The summed E-state index contributed by atoms with van der Waals surface area (Å²) in [5.74, 6) is -0.878. The van der Waals surface area contributed by atoms with Crippen molar-refractivity contribution in [2.45, 2.75) is 12.8 Å². The molecule has 1 heterocycles. The van der Waals surface area contributed by atoms with Crippen molar-refractivity contribution in [1.82, 2.24) is 4.90 Å². The molecule has 0 bridgehead atoms. The van der Waals surface area contributed by atoms with Crippen LogP contribution in [0.2, 0.25) is 0 Å². The van der Waals surface area contributed by atoms with Gasteiger partial charge >= 0.3 is 5.97 Å². The average molecular weight is 467 g/mol. The topological polar surface area (TPSA) is 112 Å². The molecule has 1 aliphatic rings. The lowest BCUT2D eigenvalue weighted by Gasteiger charge is -2.17. The molecular weight excluding hydrogens is 446 g/mol. The molecule has 35 heavy (non-hydrogen) atoms. The van der Waals surface area contributed by atoms with E-state index in [9.17, 15) is 24.3 Å². The number of benzene rings is 3. The van der Waals surface area contributed by atoms with Gasteiger partial charge in [0.05, 0.1) is 17.0 Å². The summed E-state index contributed by atoms with van der Waals surface area (Å²) >= 11 is 0. The van der Waals surface area contributed by atoms with Crippen LogP contribution in [-0.4, -0.2) is 45.2 Å². The first-order valence-electron chi connectivity index (χ1n) is 11.0. The lowest BCUT2D eigenvalue weighted by Crippen LogP contribution is -2.33. The van der Waals surface area contributed by atoms with E-state index in [-0.39, 0.29) is 25.2 Å². The highest BCUT2D eigenvalue weighted by Crippen LogP contribution is 2.25. The number of nitrogens with zero attached hydrogens (tertiary/aromatic N) is 1. The summed E-state index contributed by atoms with van der Waals surface area (Å²) in [4.78, 5) is 50.6. The largest absolute Gasteiger partial charge is 0.481 e. The van der Waals surface area contributed by atoms with Crippen molar-refractivity contribution in [3.63, 3.8) is 0 Å². The first-order chi connectivity index (χ1) is 16.9. The van der Waals surface area contributed by atoms with Gasteiger partial charge in [-0.25, -0.2) is 0 Å². The number of imide groups is 1. The predicted molar refractivity (Wildman–Crippen MR) is 127 cm³/mol. The number of fused-ring (bicyclic) bond motifs is 1. The standard InChI is InChI=1S/C28H21NO6/c30-16-14-18-5-7-19(8-6-18)20-9-11-21(12-10-20)25(31)17-22(28(34)35)13-15-29-26(32)23-3-1-2-4-24(23)27(29)33/h1-12,22,30H,13,15,17H2,(H,34,35). The van der Waals surface area contributed by atoms with Crippen molar-refractivity contribution in [1.29, 1.82) is 0 Å². The minimum absolute atomic E-state index is 0.0201.